The van der Waals surface area contributed by atoms with Crippen molar-refractivity contribution >= 4 is 5.91 Å². The van der Waals surface area contributed by atoms with Crippen molar-refractivity contribution in [2.45, 2.75) is 26.3 Å². The molecule has 1 atom stereocenters. The lowest BCUT2D eigenvalue weighted by Crippen LogP contribution is -2.49. The number of nitrogens with zero attached hydrogens (tertiary/aromatic N) is 1. The van der Waals surface area contributed by atoms with Crippen LogP contribution in [0.4, 0.5) is 0 Å². The minimum atomic E-state index is -0.157. The van der Waals surface area contributed by atoms with Gasteiger partial charge in [0.25, 0.3) is 5.91 Å². The number of rotatable bonds is 7. The van der Waals surface area contributed by atoms with Crippen molar-refractivity contribution in [3.63, 3.8) is 0 Å². The molecule has 5 nitrogen and oxygen atoms in total. The van der Waals surface area contributed by atoms with Crippen LogP contribution in [0, 0.1) is 5.92 Å². The molecule has 1 N–H and O–H groups in total. The van der Waals surface area contributed by atoms with Gasteiger partial charge in [-0.3, -0.25) is 9.69 Å². The molecule has 1 aromatic carbocycles. The number of carbonyl (C=O) groups is 1. The average molecular weight is 356 g/mol. The zero-order valence-corrected chi connectivity index (χ0v) is 15.6. The molecule has 3 rings (SSSR count). The molecule has 26 heavy (non-hydrogen) atoms. The van der Waals surface area contributed by atoms with E-state index in [4.69, 9.17) is 9.15 Å². The van der Waals surface area contributed by atoms with Crippen molar-refractivity contribution in [3.8, 4) is 11.1 Å². The van der Waals surface area contributed by atoms with Crippen LogP contribution in [-0.2, 0) is 4.74 Å². The number of morpholine rings is 1. The van der Waals surface area contributed by atoms with Crippen molar-refractivity contribution in [2.75, 3.05) is 32.8 Å². The van der Waals surface area contributed by atoms with E-state index in [-0.39, 0.29) is 5.91 Å². The molecule has 1 aromatic heterocycles. The van der Waals surface area contributed by atoms with Crippen LogP contribution in [0.5, 0.6) is 0 Å². The third-order valence-electron chi connectivity index (χ3n) is 4.76. The minimum absolute atomic E-state index is 0.157. The molecule has 2 heterocycles. The van der Waals surface area contributed by atoms with E-state index in [9.17, 15) is 4.79 Å². The molecule has 2 aromatic rings. The maximum Gasteiger partial charge on any atom is 0.287 e. The molecule has 1 unspecified atom stereocenters. The number of benzene rings is 1. The highest BCUT2D eigenvalue weighted by Gasteiger charge is 2.24. The third kappa shape index (κ3) is 4.74. The molecule has 140 valence electrons. The maximum atomic E-state index is 12.7. The van der Waals surface area contributed by atoms with Gasteiger partial charge < -0.3 is 14.5 Å². The second-order valence-electron chi connectivity index (χ2n) is 7.17. The highest BCUT2D eigenvalue weighted by molar-refractivity contribution is 5.98. The van der Waals surface area contributed by atoms with E-state index in [1.807, 2.05) is 36.4 Å². The van der Waals surface area contributed by atoms with Gasteiger partial charge in [-0.2, -0.15) is 0 Å². The van der Waals surface area contributed by atoms with Crippen molar-refractivity contribution < 1.29 is 13.9 Å². The second kappa shape index (κ2) is 9.01. The molecule has 1 amide bonds. The van der Waals surface area contributed by atoms with Crippen LogP contribution in [0.1, 0.15) is 30.8 Å². The average Bonchev–Trinajstić information content (AvgIpc) is 3.16. The summed E-state index contributed by atoms with van der Waals surface area (Å²) in [6, 6.07) is 12.0. The highest BCUT2D eigenvalue weighted by Crippen LogP contribution is 2.24. The van der Waals surface area contributed by atoms with E-state index < -0.39 is 0 Å². The maximum absolute atomic E-state index is 12.7. The molecule has 1 aliphatic rings. The Hall–Kier alpha value is -2.11. The number of hydrogen-bond acceptors (Lipinski definition) is 4. The van der Waals surface area contributed by atoms with Gasteiger partial charge in [0.15, 0.2) is 5.76 Å². The zero-order valence-electron chi connectivity index (χ0n) is 15.6. The molecule has 1 fully saturated rings. The lowest BCUT2D eigenvalue weighted by Gasteiger charge is -2.35. The first-order valence-electron chi connectivity index (χ1n) is 9.38. The third-order valence-corrected chi connectivity index (χ3v) is 4.76. The largest absolute Gasteiger partial charge is 0.459 e. The summed E-state index contributed by atoms with van der Waals surface area (Å²) in [6.45, 7) is 8.42. The SMILES string of the molecule is CC(C)CC(CNC(=O)c1occc1-c1ccccc1)N1CCOCC1. The number of nitrogens with one attached hydrogen (secondary N) is 1. The lowest BCUT2D eigenvalue weighted by molar-refractivity contribution is 0.0124. The number of amides is 1. The summed E-state index contributed by atoms with van der Waals surface area (Å²) in [5.74, 6) is 0.792. The zero-order chi connectivity index (χ0) is 18.4. The molecule has 0 saturated carbocycles. The number of ether oxygens (including phenoxy) is 1. The summed E-state index contributed by atoms with van der Waals surface area (Å²) in [4.78, 5) is 15.1. The van der Waals surface area contributed by atoms with E-state index in [2.05, 4.69) is 24.1 Å². The Morgan fingerprint density at radius 3 is 2.58 bits per heavy atom. The number of carbonyl (C=O) groups excluding carboxylic acids is 1. The Morgan fingerprint density at radius 2 is 1.88 bits per heavy atom. The predicted octanol–water partition coefficient (Wildman–Crippen LogP) is 3.42. The first-order valence-corrected chi connectivity index (χ1v) is 9.38. The second-order valence-corrected chi connectivity index (χ2v) is 7.17. The van der Waals surface area contributed by atoms with Gasteiger partial charge in [-0.1, -0.05) is 44.2 Å². The summed E-state index contributed by atoms with van der Waals surface area (Å²) in [7, 11) is 0. The highest BCUT2D eigenvalue weighted by atomic mass is 16.5. The lowest BCUT2D eigenvalue weighted by atomic mass is 10.0. The minimum Gasteiger partial charge on any atom is -0.459 e. The van der Waals surface area contributed by atoms with E-state index >= 15 is 0 Å². The van der Waals surface area contributed by atoms with Gasteiger partial charge in [0, 0.05) is 31.2 Å². The monoisotopic (exact) mass is 356 g/mol. The van der Waals surface area contributed by atoms with Gasteiger partial charge in [-0.05, 0) is 24.0 Å². The summed E-state index contributed by atoms with van der Waals surface area (Å²) in [5.41, 5.74) is 1.81. The molecule has 1 saturated heterocycles. The van der Waals surface area contributed by atoms with Crippen LogP contribution < -0.4 is 5.32 Å². The fourth-order valence-corrected chi connectivity index (χ4v) is 3.47. The van der Waals surface area contributed by atoms with E-state index in [0.29, 0.717) is 24.3 Å². The molecular formula is C21H28N2O3. The van der Waals surface area contributed by atoms with E-state index in [1.165, 1.54) is 0 Å². The number of hydrogen-bond donors (Lipinski definition) is 1. The first kappa shape index (κ1) is 18.7. The summed E-state index contributed by atoms with van der Waals surface area (Å²) >= 11 is 0. The van der Waals surface area contributed by atoms with Gasteiger partial charge >= 0.3 is 0 Å². The topological polar surface area (TPSA) is 54.7 Å². The molecular weight excluding hydrogens is 328 g/mol. The summed E-state index contributed by atoms with van der Waals surface area (Å²) < 4.78 is 11.0. The van der Waals surface area contributed by atoms with Gasteiger partial charge in [-0.25, -0.2) is 0 Å². The molecule has 0 spiro atoms. The van der Waals surface area contributed by atoms with Crippen molar-refractivity contribution in [1.82, 2.24) is 10.2 Å². The Morgan fingerprint density at radius 1 is 1.15 bits per heavy atom. The fourth-order valence-electron chi connectivity index (χ4n) is 3.47. The van der Waals surface area contributed by atoms with Crippen LogP contribution in [0.2, 0.25) is 0 Å². The summed E-state index contributed by atoms with van der Waals surface area (Å²) in [5, 5.41) is 3.08. The standard InChI is InChI=1S/C21H28N2O3/c1-16(2)14-18(23-9-12-25-13-10-23)15-22-21(24)20-19(8-11-26-20)17-6-4-3-5-7-17/h3-8,11,16,18H,9-10,12-15H2,1-2H3,(H,22,24). The number of furan rings is 1. The Bertz CT molecular complexity index is 690. The molecule has 0 aliphatic carbocycles. The van der Waals surface area contributed by atoms with Gasteiger partial charge in [0.2, 0.25) is 0 Å². The van der Waals surface area contributed by atoms with E-state index in [0.717, 1.165) is 43.9 Å². The first-order chi connectivity index (χ1) is 12.6. The van der Waals surface area contributed by atoms with Crippen LogP contribution in [0.15, 0.2) is 47.1 Å². The van der Waals surface area contributed by atoms with Crippen LogP contribution in [0.3, 0.4) is 0 Å². The van der Waals surface area contributed by atoms with Crippen LogP contribution in [0.25, 0.3) is 11.1 Å². The molecule has 5 heteroatoms. The predicted molar refractivity (Wildman–Crippen MR) is 102 cm³/mol. The van der Waals surface area contributed by atoms with Crippen LogP contribution >= 0.6 is 0 Å². The van der Waals surface area contributed by atoms with Gasteiger partial charge in [-0.15, -0.1) is 0 Å². The Balaban J connectivity index is 1.66. The fraction of sp³-hybridized carbons (Fsp3) is 0.476. The summed E-state index contributed by atoms with van der Waals surface area (Å²) in [6.07, 6.45) is 2.62. The molecule has 1 aliphatic heterocycles. The van der Waals surface area contributed by atoms with Crippen molar-refractivity contribution in [2.24, 2.45) is 5.92 Å². The van der Waals surface area contributed by atoms with Gasteiger partial charge in [0.1, 0.15) is 0 Å². The van der Waals surface area contributed by atoms with Crippen molar-refractivity contribution in [3.05, 3.63) is 48.4 Å². The van der Waals surface area contributed by atoms with Gasteiger partial charge in [0.05, 0.1) is 19.5 Å². The van der Waals surface area contributed by atoms with E-state index in [1.54, 1.807) is 6.26 Å². The Kier molecular flexibility index (Phi) is 6.47. The Labute approximate surface area is 155 Å². The smallest absolute Gasteiger partial charge is 0.287 e. The van der Waals surface area contributed by atoms with Crippen molar-refractivity contribution in [1.29, 1.82) is 0 Å². The quantitative estimate of drug-likeness (QED) is 0.826. The van der Waals surface area contributed by atoms with Crippen LogP contribution in [-0.4, -0.2) is 49.7 Å². The normalized spacial score (nSPS) is 16.6. The molecule has 0 radical (unpaired) electrons. The molecule has 0 bridgehead atoms.